The van der Waals surface area contributed by atoms with E-state index in [1.165, 1.54) is 36.0 Å². The molecule has 0 unspecified atom stereocenters. The van der Waals surface area contributed by atoms with E-state index < -0.39 is 0 Å². The molecular formula is C24H28N2O3S2. The maximum absolute atomic E-state index is 13.3. The van der Waals surface area contributed by atoms with Gasteiger partial charge in [-0.05, 0) is 106 Å². The molecule has 4 aliphatic carbocycles. The number of thiocarbonyl (C=S) groups is 1. The van der Waals surface area contributed by atoms with Crippen LogP contribution in [0.5, 0.6) is 5.75 Å². The van der Waals surface area contributed by atoms with Crippen molar-refractivity contribution in [1.29, 1.82) is 0 Å². The number of carbonyl (C=O) groups is 2. The van der Waals surface area contributed by atoms with Gasteiger partial charge in [-0.2, -0.15) is 5.01 Å². The first-order valence-corrected chi connectivity index (χ1v) is 12.4. The zero-order valence-electron chi connectivity index (χ0n) is 17.9. The maximum atomic E-state index is 13.3. The second-order valence-corrected chi connectivity index (χ2v) is 11.6. The number of thioether (sulfide) groups is 1. The molecule has 1 saturated heterocycles. The highest BCUT2D eigenvalue weighted by atomic mass is 32.2. The van der Waals surface area contributed by atoms with Gasteiger partial charge in [0.25, 0.3) is 5.91 Å². The third-order valence-electron chi connectivity index (χ3n) is 7.08. The molecular weight excluding hydrogens is 428 g/mol. The molecule has 31 heavy (non-hydrogen) atoms. The number of nitrogens with one attached hydrogen (secondary N) is 1. The minimum atomic E-state index is -0.311. The minimum Gasteiger partial charge on any atom is -0.491 e. The van der Waals surface area contributed by atoms with Crippen molar-refractivity contribution in [2.24, 2.45) is 23.2 Å². The Morgan fingerprint density at radius 2 is 1.74 bits per heavy atom. The molecule has 0 radical (unpaired) electrons. The lowest BCUT2D eigenvalue weighted by Crippen LogP contribution is -2.57. The van der Waals surface area contributed by atoms with Crippen molar-refractivity contribution >= 4 is 46.2 Å². The van der Waals surface area contributed by atoms with Gasteiger partial charge in [0, 0.05) is 0 Å². The fraction of sp³-hybridized carbons (Fsp3) is 0.542. The highest BCUT2D eigenvalue weighted by molar-refractivity contribution is 8.26. The van der Waals surface area contributed by atoms with Gasteiger partial charge in [-0.25, -0.2) is 0 Å². The number of rotatable bonds is 5. The molecule has 1 aromatic rings. The number of hydrazine groups is 1. The van der Waals surface area contributed by atoms with E-state index in [9.17, 15) is 9.59 Å². The molecule has 4 bridgehead atoms. The van der Waals surface area contributed by atoms with Crippen molar-refractivity contribution in [2.45, 2.75) is 58.5 Å². The summed E-state index contributed by atoms with van der Waals surface area (Å²) in [7, 11) is 0. The molecule has 164 valence electrons. The molecule has 5 aliphatic rings. The van der Waals surface area contributed by atoms with E-state index in [4.69, 9.17) is 17.0 Å². The molecule has 1 aliphatic heterocycles. The Morgan fingerprint density at radius 3 is 2.29 bits per heavy atom. The predicted molar refractivity (Wildman–Crippen MR) is 126 cm³/mol. The molecule has 5 fully saturated rings. The lowest BCUT2D eigenvalue weighted by molar-refractivity contribution is -0.152. The fourth-order valence-corrected chi connectivity index (χ4v) is 7.42. The third-order valence-corrected chi connectivity index (χ3v) is 8.38. The van der Waals surface area contributed by atoms with E-state index >= 15 is 0 Å². The summed E-state index contributed by atoms with van der Waals surface area (Å²) in [5, 5.41) is 1.28. The Labute approximate surface area is 192 Å². The zero-order valence-corrected chi connectivity index (χ0v) is 19.6. The molecule has 2 amide bonds. The summed E-state index contributed by atoms with van der Waals surface area (Å²) in [6.07, 6.45) is 8.63. The van der Waals surface area contributed by atoms with E-state index in [1.807, 2.05) is 44.2 Å². The van der Waals surface area contributed by atoms with Crippen molar-refractivity contribution in [1.82, 2.24) is 10.4 Å². The fourth-order valence-electron chi connectivity index (χ4n) is 6.24. The van der Waals surface area contributed by atoms with Gasteiger partial charge in [0.15, 0.2) is 4.32 Å². The lowest BCUT2D eigenvalue weighted by atomic mass is 9.49. The minimum absolute atomic E-state index is 0.0145. The molecule has 0 aromatic heterocycles. The average molecular weight is 457 g/mol. The van der Waals surface area contributed by atoms with E-state index in [2.05, 4.69) is 5.43 Å². The number of amides is 2. The zero-order chi connectivity index (χ0) is 21.8. The normalized spacial score (nSPS) is 32.9. The molecule has 4 saturated carbocycles. The SMILES string of the molecule is CC(C)Oc1ccc(C=C2SC(=S)N(NC(=O)C34CC5CC(CC(C5)C3)C4)C2=O)cc1. The Kier molecular flexibility index (Phi) is 5.37. The number of benzene rings is 1. The quantitative estimate of drug-likeness (QED) is 0.503. The molecule has 1 aromatic carbocycles. The van der Waals surface area contributed by atoms with Crippen LogP contribution in [0.2, 0.25) is 0 Å². The van der Waals surface area contributed by atoms with Gasteiger partial charge in [-0.1, -0.05) is 23.9 Å². The first-order chi connectivity index (χ1) is 14.8. The summed E-state index contributed by atoms with van der Waals surface area (Å²) in [4.78, 5) is 26.9. The van der Waals surface area contributed by atoms with Gasteiger partial charge in [0.05, 0.1) is 16.4 Å². The number of carbonyl (C=O) groups excluding carboxylic acids is 2. The van der Waals surface area contributed by atoms with Gasteiger partial charge in [0.2, 0.25) is 5.91 Å². The standard InChI is InChI=1S/C24H28N2O3S2/c1-14(2)29-19-5-3-15(4-6-19)10-20-21(27)26(23(30)31-20)25-22(28)24-11-16-7-17(12-24)9-18(8-16)13-24/h3-6,10,14,16-18H,7-9,11-13H2,1-2H3,(H,25,28). The Hall–Kier alpha value is -1.86. The average Bonchev–Trinajstić information content (AvgIpc) is 2.95. The maximum Gasteiger partial charge on any atom is 0.285 e. The van der Waals surface area contributed by atoms with Crippen molar-refractivity contribution in [3.05, 3.63) is 34.7 Å². The first kappa shape index (κ1) is 21.0. The Bertz CT molecular complexity index is 919. The van der Waals surface area contributed by atoms with Crippen LogP contribution in [0.25, 0.3) is 6.08 Å². The summed E-state index contributed by atoms with van der Waals surface area (Å²) in [6, 6.07) is 7.61. The second kappa shape index (κ2) is 7.93. The van der Waals surface area contributed by atoms with E-state index in [0.29, 0.717) is 27.0 Å². The summed E-state index contributed by atoms with van der Waals surface area (Å²) in [5.74, 6) is 2.54. The largest absolute Gasteiger partial charge is 0.491 e. The van der Waals surface area contributed by atoms with Gasteiger partial charge < -0.3 is 4.74 Å². The molecule has 7 heteroatoms. The molecule has 0 spiro atoms. The number of nitrogens with zero attached hydrogens (tertiary/aromatic N) is 1. The predicted octanol–water partition coefficient (Wildman–Crippen LogP) is 4.92. The molecule has 0 atom stereocenters. The number of hydrogen-bond acceptors (Lipinski definition) is 5. The van der Waals surface area contributed by atoms with Crippen LogP contribution < -0.4 is 10.2 Å². The van der Waals surface area contributed by atoms with Crippen LogP contribution >= 0.6 is 24.0 Å². The molecule has 5 nitrogen and oxygen atoms in total. The highest BCUT2D eigenvalue weighted by Gasteiger charge is 2.55. The summed E-state index contributed by atoms with van der Waals surface area (Å²) < 4.78 is 6.05. The van der Waals surface area contributed by atoms with Crippen LogP contribution in [-0.4, -0.2) is 27.2 Å². The van der Waals surface area contributed by atoms with Crippen molar-refractivity contribution in [2.75, 3.05) is 0 Å². The van der Waals surface area contributed by atoms with Gasteiger partial charge >= 0.3 is 0 Å². The lowest BCUT2D eigenvalue weighted by Gasteiger charge is -2.55. The summed E-state index contributed by atoms with van der Waals surface area (Å²) in [5.41, 5.74) is 3.49. The van der Waals surface area contributed by atoms with E-state index in [0.717, 1.165) is 30.6 Å². The monoisotopic (exact) mass is 456 g/mol. The smallest absolute Gasteiger partial charge is 0.285 e. The van der Waals surface area contributed by atoms with Crippen LogP contribution in [0.3, 0.4) is 0 Å². The van der Waals surface area contributed by atoms with Gasteiger partial charge in [-0.3, -0.25) is 15.0 Å². The van der Waals surface area contributed by atoms with Crippen molar-refractivity contribution in [3.8, 4) is 5.75 Å². The molecule has 1 N–H and O–H groups in total. The van der Waals surface area contributed by atoms with Crippen LogP contribution in [0.4, 0.5) is 0 Å². The van der Waals surface area contributed by atoms with E-state index in [1.54, 1.807) is 0 Å². The molecule has 1 heterocycles. The van der Waals surface area contributed by atoms with Crippen LogP contribution in [0.1, 0.15) is 57.9 Å². The number of hydrogen-bond donors (Lipinski definition) is 1. The Morgan fingerprint density at radius 1 is 1.16 bits per heavy atom. The first-order valence-electron chi connectivity index (χ1n) is 11.2. The van der Waals surface area contributed by atoms with Crippen LogP contribution in [0.15, 0.2) is 29.2 Å². The third kappa shape index (κ3) is 4.02. The number of ether oxygens (including phenoxy) is 1. The summed E-state index contributed by atoms with van der Waals surface area (Å²) in [6.45, 7) is 3.97. The van der Waals surface area contributed by atoms with Gasteiger partial charge in [0.1, 0.15) is 5.75 Å². The Balaban J connectivity index is 1.28. The van der Waals surface area contributed by atoms with E-state index in [-0.39, 0.29) is 23.3 Å². The van der Waals surface area contributed by atoms with Crippen LogP contribution in [0, 0.1) is 23.2 Å². The molecule has 6 rings (SSSR count). The topological polar surface area (TPSA) is 58.6 Å². The highest BCUT2D eigenvalue weighted by Crippen LogP contribution is 2.60. The van der Waals surface area contributed by atoms with Crippen molar-refractivity contribution in [3.63, 3.8) is 0 Å². The van der Waals surface area contributed by atoms with Crippen LogP contribution in [-0.2, 0) is 9.59 Å². The summed E-state index contributed by atoms with van der Waals surface area (Å²) >= 11 is 6.67. The second-order valence-electron chi connectivity index (χ2n) is 9.89. The van der Waals surface area contributed by atoms with Crippen molar-refractivity contribution < 1.29 is 14.3 Å². The van der Waals surface area contributed by atoms with Gasteiger partial charge in [-0.15, -0.1) is 0 Å².